The molecule has 4 atom stereocenters. The topological polar surface area (TPSA) is 58.6 Å². The molecule has 3 aliphatic rings. The SMILES string of the molecule is C[C@@H]1C[C@@H]1N1C[C@H](NC(=O)C[C@@H]2CCOC2)CC1=O. The van der Waals surface area contributed by atoms with Crippen LogP contribution in [0, 0.1) is 11.8 Å². The van der Waals surface area contributed by atoms with Crippen LogP contribution in [0.15, 0.2) is 0 Å². The number of ether oxygens (including phenoxy) is 1. The molecule has 0 bridgehead atoms. The van der Waals surface area contributed by atoms with Gasteiger partial charge in [0.2, 0.25) is 11.8 Å². The number of carbonyl (C=O) groups excluding carboxylic acids is 2. The Labute approximate surface area is 113 Å². The molecule has 1 saturated carbocycles. The van der Waals surface area contributed by atoms with E-state index in [2.05, 4.69) is 12.2 Å². The van der Waals surface area contributed by atoms with E-state index < -0.39 is 0 Å². The third-order valence-electron chi connectivity index (χ3n) is 4.49. The zero-order chi connectivity index (χ0) is 13.4. The van der Waals surface area contributed by atoms with Crippen LogP contribution >= 0.6 is 0 Å². The van der Waals surface area contributed by atoms with Gasteiger partial charge >= 0.3 is 0 Å². The number of hydrogen-bond acceptors (Lipinski definition) is 3. The van der Waals surface area contributed by atoms with Crippen LogP contribution in [0.1, 0.15) is 32.6 Å². The Hall–Kier alpha value is -1.10. The summed E-state index contributed by atoms with van der Waals surface area (Å²) in [6.07, 6.45) is 3.09. The first kappa shape index (κ1) is 12.9. The molecule has 0 radical (unpaired) electrons. The van der Waals surface area contributed by atoms with Crippen molar-refractivity contribution in [3.05, 3.63) is 0 Å². The summed E-state index contributed by atoms with van der Waals surface area (Å²) in [5.41, 5.74) is 0. The first-order chi connectivity index (χ1) is 9.13. The Bertz CT molecular complexity index is 379. The molecule has 2 amide bonds. The highest BCUT2D eigenvalue weighted by molar-refractivity contribution is 5.82. The molecule has 5 heteroatoms. The molecule has 0 aromatic heterocycles. The Balaban J connectivity index is 1.45. The van der Waals surface area contributed by atoms with Crippen LogP contribution in [-0.2, 0) is 14.3 Å². The molecule has 19 heavy (non-hydrogen) atoms. The summed E-state index contributed by atoms with van der Waals surface area (Å²) in [5.74, 6) is 1.26. The number of nitrogens with one attached hydrogen (secondary N) is 1. The summed E-state index contributed by atoms with van der Waals surface area (Å²) in [7, 11) is 0. The Morgan fingerprint density at radius 3 is 2.95 bits per heavy atom. The van der Waals surface area contributed by atoms with E-state index in [4.69, 9.17) is 4.74 Å². The minimum Gasteiger partial charge on any atom is -0.381 e. The molecule has 3 fully saturated rings. The molecule has 106 valence electrons. The first-order valence-electron chi connectivity index (χ1n) is 7.30. The average Bonchev–Trinajstić information content (AvgIpc) is 2.77. The van der Waals surface area contributed by atoms with E-state index in [1.54, 1.807) is 0 Å². The fraction of sp³-hybridized carbons (Fsp3) is 0.857. The molecule has 5 nitrogen and oxygen atoms in total. The summed E-state index contributed by atoms with van der Waals surface area (Å²) in [6, 6.07) is 0.438. The van der Waals surface area contributed by atoms with Crippen LogP contribution in [-0.4, -0.2) is 48.6 Å². The van der Waals surface area contributed by atoms with E-state index in [0.717, 1.165) is 19.4 Å². The monoisotopic (exact) mass is 266 g/mol. The quantitative estimate of drug-likeness (QED) is 0.808. The van der Waals surface area contributed by atoms with Crippen LogP contribution in [0.2, 0.25) is 0 Å². The van der Waals surface area contributed by atoms with Crippen molar-refractivity contribution in [1.29, 1.82) is 0 Å². The van der Waals surface area contributed by atoms with Gasteiger partial charge in [-0.05, 0) is 24.7 Å². The number of nitrogens with zero attached hydrogens (tertiary/aromatic N) is 1. The standard InChI is InChI=1S/C14H22N2O3/c1-9-4-12(9)16-7-11(6-14(16)18)15-13(17)5-10-2-3-19-8-10/h9-12H,2-8H2,1H3,(H,15,17)/t9-,10+,11-,12+/m1/s1. The van der Waals surface area contributed by atoms with Crippen molar-refractivity contribution in [3.8, 4) is 0 Å². The van der Waals surface area contributed by atoms with Gasteiger partial charge in [-0.2, -0.15) is 0 Å². The van der Waals surface area contributed by atoms with Crippen LogP contribution in [0.25, 0.3) is 0 Å². The molecule has 2 saturated heterocycles. The summed E-state index contributed by atoms with van der Waals surface area (Å²) in [5, 5.41) is 3.01. The predicted molar refractivity (Wildman–Crippen MR) is 69.4 cm³/mol. The second kappa shape index (κ2) is 5.12. The van der Waals surface area contributed by atoms with E-state index in [1.807, 2.05) is 4.90 Å². The lowest BCUT2D eigenvalue weighted by molar-refractivity contribution is -0.128. The van der Waals surface area contributed by atoms with Crippen LogP contribution in [0.4, 0.5) is 0 Å². The van der Waals surface area contributed by atoms with Crippen molar-refractivity contribution in [3.63, 3.8) is 0 Å². The van der Waals surface area contributed by atoms with Crippen molar-refractivity contribution in [2.45, 2.75) is 44.7 Å². The van der Waals surface area contributed by atoms with Gasteiger partial charge < -0.3 is 15.0 Å². The third-order valence-corrected chi connectivity index (χ3v) is 4.49. The minimum absolute atomic E-state index is 0.00937. The van der Waals surface area contributed by atoms with Crippen molar-refractivity contribution < 1.29 is 14.3 Å². The maximum atomic E-state index is 11.9. The number of carbonyl (C=O) groups is 2. The van der Waals surface area contributed by atoms with Gasteiger partial charge in [0.25, 0.3) is 0 Å². The van der Waals surface area contributed by atoms with Crippen molar-refractivity contribution in [1.82, 2.24) is 10.2 Å². The lowest BCUT2D eigenvalue weighted by Gasteiger charge is -2.17. The van der Waals surface area contributed by atoms with Crippen molar-refractivity contribution in [2.75, 3.05) is 19.8 Å². The zero-order valence-corrected chi connectivity index (χ0v) is 11.4. The highest BCUT2D eigenvalue weighted by Crippen LogP contribution is 2.37. The van der Waals surface area contributed by atoms with Gasteiger partial charge in [0.15, 0.2) is 0 Å². The maximum Gasteiger partial charge on any atom is 0.225 e. The van der Waals surface area contributed by atoms with Gasteiger partial charge in [0.05, 0.1) is 6.04 Å². The highest BCUT2D eigenvalue weighted by atomic mass is 16.5. The van der Waals surface area contributed by atoms with E-state index >= 15 is 0 Å². The third kappa shape index (κ3) is 2.91. The summed E-state index contributed by atoms with van der Waals surface area (Å²) in [4.78, 5) is 25.8. The number of amides is 2. The van der Waals surface area contributed by atoms with E-state index in [1.165, 1.54) is 0 Å². The Kier molecular flexibility index (Phi) is 3.48. The van der Waals surface area contributed by atoms with Gasteiger partial charge in [-0.25, -0.2) is 0 Å². The van der Waals surface area contributed by atoms with Crippen molar-refractivity contribution >= 4 is 11.8 Å². The highest BCUT2D eigenvalue weighted by Gasteiger charge is 2.44. The number of hydrogen-bond donors (Lipinski definition) is 1. The molecule has 0 unspecified atom stereocenters. The molecule has 0 spiro atoms. The number of rotatable bonds is 4. The second-order valence-corrected chi connectivity index (χ2v) is 6.23. The van der Waals surface area contributed by atoms with Gasteiger partial charge in [-0.15, -0.1) is 0 Å². The van der Waals surface area contributed by atoms with Crippen molar-refractivity contribution in [2.24, 2.45) is 11.8 Å². The van der Waals surface area contributed by atoms with E-state index in [0.29, 0.717) is 43.9 Å². The Morgan fingerprint density at radius 1 is 1.53 bits per heavy atom. The fourth-order valence-electron chi connectivity index (χ4n) is 3.18. The van der Waals surface area contributed by atoms with Crippen LogP contribution in [0.3, 0.4) is 0 Å². The minimum atomic E-state index is 0.00937. The molecule has 0 aromatic carbocycles. The van der Waals surface area contributed by atoms with Gasteiger partial charge in [-0.3, -0.25) is 9.59 Å². The fourth-order valence-corrected chi connectivity index (χ4v) is 3.18. The normalized spacial score (nSPS) is 37.7. The molecule has 1 N–H and O–H groups in total. The molecule has 3 rings (SSSR count). The molecule has 1 aliphatic carbocycles. The van der Waals surface area contributed by atoms with Gasteiger partial charge in [0.1, 0.15) is 0 Å². The number of likely N-dealkylation sites (tertiary alicyclic amines) is 1. The maximum absolute atomic E-state index is 11.9. The van der Waals surface area contributed by atoms with E-state index in [9.17, 15) is 9.59 Å². The summed E-state index contributed by atoms with van der Waals surface area (Å²) < 4.78 is 5.27. The predicted octanol–water partition coefficient (Wildman–Crippen LogP) is 0.538. The zero-order valence-electron chi connectivity index (χ0n) is 11.4. The molecular weight excluding hydrogens is 244 g/mol. The molecular formula is C14H22N2O3. The largest absolute Gasteiger partial charge is 0.381 e. The lowest BCUT2D eigenvalue weighted by Crippen LogP contribution is -2.38. The van der Waals surface area contributed by atoms with E-state index in [-0.39, 0.29) is 17.9 Å². The average molecular weight is 266 g/mol. The Morgan fingerprint density at radius 2 is 2.32 bits per heavy atom. The molecule has 0 aromatic rings. The summed E-state index contributed by atoms with van der Waals surface area (Å²) in [6.45, 7) is 4.33. The van der Waals surface area contributed by atoms with Gasteiger partial charge in [0, 0.05) is 38.6 Å². The smallest absolute Gasteiger partial charge is 0.225 e. The lowest BCUT2D eigenvalue weighted by atomic mass is 10.0. The molecule has 2 aliphatic heterocycles. The van der Waals surface area contributed by atoms with Crippen LogP contribution < -0.4 is 5.32 Å². The second-order valence-electron chi connectivity index (χ2n) is 6.23. The summed E-state index contributed by atoms with van der Waals surface area (Å²) >= 11 is 0. The van der Waals surface area contributed by atoms with Gasteiger partial charge in [-0.1, -0.05) is 6.92 Å². The van der Waals surface area contributed by atoms with Crippen LogP contribution in [0.5, 0.6) is 0 Å². The first-order valence-corrected chi connectivity index (χ1v) is 7.30. The molecule has 2 heterocycles.